The van der Waals surface area contributed by atoms with Crippen LogP contribution in [0.5, 0.6) is 0 Å². The monoisotopic (exact) mass is 283 g/mol. The summed E-state index contributed by atoms with van der Waals surface area (Å²) in [5, 5.41) is 0. The molecule has 0 radical (unpaired) electrons. The summed E-state index contributed by atoms with van der Waals surface area (Å²) in [7, 11) is -8.37. The van der Waals surface area contributed by atoms with Crippen molar-refractivity contribution in [1.82, 2.24) is 0 Å². The van der Waals surface area contributed by atoms with E-state index in [9.17, 15) is 16.8 Å². The fourth-order valence-corrected chi connectivity index (χ4v) is 2.89. The number of hydrogen-bond acceptors (Lipinski definition) is 5. The van der Waals surface area contributed by atoms with Crippen molar-refractivity contribution in [3.05, 3.63) is 12.3 Å². The van der Waals surface area contributed by atoms with E-state index in [0.29, 0.717) is 0 Å². The van der Waals surface area contributed by atoms with Gasteiger partial charge in [-0.15, -0.1) is 0 Å². The van der Waals surface area contributed by atoms with Gasteiger partial charge in [-0.1, -0.05) is 0 Å². The van der Waals surface area contributed by atoms with Crippen LogP contribution >= 0.6 is 0 Å². The van der Waals surface area contributed by atoms with E-state index in [1.165, 1.54) is 12.3 Å². The molecule has 7 nitrogen and oxygen atoms in total. The second kappa shape index (κ2) is 4.84. The van der Waals surface area contributed by atoms with Gasteiger partial charge in [0.05, 0.1) is 5.75 Å². The first-order chi connectivity index (χ1) is 7.66. The average molecular weight is 283 g/mol. The van der Waals surface area contributed by atoms with Crippen molar-refractivity contribution >= 4 is 26.5 Å². The molecular formula is C8H13NO6S2. The Labute approximate surface area is 99.8 Å². The molecule has 0 aromatic rings. The maximum absolute atomic E-state index is 11.2. The topological polar surface area (TPSA) is 121 Å². The van der Waals surface area contributed by atoms with Crippen LogP contribution < -0.4 is 0 Å². The molecule has 0 aliphatic carbocycles. The minimum Gasteiger partial charge on any atom is -0.286 e. The molecule has 0 fully saturated rings. The van der Waals surface area contributed by atoms with Crippen LogP contribution in [0.3, 0.4) is 0 Å². The molecule has 1 aliphatic rings. The van der Waals surface area contributed by atoms with Gasteiger partial charge in [0, 0.05) is 12.4 Å². The third-order valence-electron chi connectivity index (χ3n) is 2.44. The molecule has 9 heteroatoms. The minimum absolute atomic E-state index is 0.0152. The van der Waals surface area contributed by atoms with E-state index >= 15 is 0 Å². The van der Waals surface area contributed by atoms with E-state index < -0.39 is 30.7 Å². The fraction of sp³-hybridized carbons (Fsp3) is 0.625. The van der Waals surface area contributed by atoms with Crippen LogP contribution in [0.25, 0.3) is 0 Å². The Kier molecular flexibility index (Phi) is 4.07. The van der Waals surface area contributed by atoms with Gasteiger partial charge in [0.15, 0.2) is 4.75 Å². The van der Waals surface area contributed by atoms with Crippen molar-refractivity contribution < 1.29 is 25.9 Å². The van der Waals surface area contributed by atoms with Gasteiger partial charge in [0.2, 0.25) is 0 Å². The van der Waals surface area contributed by atoms with Gasteiger partial charge in [-0.05, 0) is 25.3 Å². The lowest BCUT2D eigenvalue weighted by Gasteiger charge is -2.19. The molecule has 0 aromatic carbocycles. The molecule has 0 saturated heterocycles. The Hall–Kier alpha value is -0.770. The summed E-state index contributed by atoms with van der Waals surface area (Å²) >= 11 is 0. The lowest BCUT2D eigenvalue weighted by Crippen LogP contribution is -2.36. The van der Waals surface area contributed by atoms with E-state index in [2.05, 4.69) is 4.99 Å². The molecule has 98 valence electrons. The Morgan fingerprint density at radius 1 is 1.12 bits per heavy atom. The molecule has 1 aliphatic heterocycles. The third kappa shape index (κ3) is 3.87. The number of aliphatic imine (C=N–C) groups is 1. The molecular weight excluding hydrogens is 270 g/mol. The summed E-state index contributed by atoms with van der Waals surface area (Å²) in [6.45, 7) is 0. The van der Waals surface area contributed by atoms with E-state index in [1.807, 2.05) is 0 Å². The fourth-order valence-electron chi connectivity index (χ4n) is 1.50. The Bertz CT molecular complexity index is 518. The Balaban J connectivity index is 2.61. The molecule has 0 saturated carbocycles. The van der Waals surface area contributed by atoms with Gasteiger partial charge < -0.3 is 0 Å². The molecule has 1 unspecified atom stereocenters. The maximum atomic E-state index is 11.2. The molecule has 1 heterocycles. The highest BCUT2D eigenvalue weighted by Crippen LogP contribution is 2.26. The zero-order valence-corrected chi connectivity index (χ0v) is 10.5. The van der Waals surface area contributed by atoms with E-state index in [-0.39, 0.29) is 19.3 Å². The number of rotatable bonds is 6. The van der Waals surface area contributed by atoms with Crippen molar-refractivity contribution in [2.24, 2.45) is 4.99 Å². The SMILES string of the molecule is O=S(=O)(O)CCCCC1(S(=O)(=O)O)C=CN=C1. The minimum atomic E-state index is -4.33. The van der Waals surface area contributed by atoms with Crippen molar-refractivity contribution in [3.63, 3.8) is 0 Å². The van der Waals surface area contributed by atoms with Crippen molar-refractivity contribution in [2.45, 2.75) is 24.0 Å². The highest BCUT2D eigenvalue weighted by atomic mass is 32.2. The molecule has 0 aromatic heterocycles. The highest BCUT2D eigenvalue weighted by Gasteiger charge is 2.40. The van der Waals surface area contributed by atoms with Crippen molar-refractivity contribution in [3.8, 4) is 0 Å². The standard InChI is InChI=1S/C8H13NO6S2/c10-16(11,12)6-2-1-3-8(17(13,14)15)4-5-9-7-8/h4-5,7H,1-3,6H2,(H,10,11,12)(H,13,14,15). The molecule has 1 atom stereocenters. The van der Waals surface area contributed by atoms with Crippen LogP contribution in [0.2, 0.25) is 0 Å². The van der Waals surface area contributed by atoms with E-state index in [0.717, 1.165) is 6.21 Å². The predicted octanol–water partition coefficient (Wildman–Crippen LogP) is 0.269. The predicted molar refractivity (Wildman–Crippen MR) is 62.2 cm³/mol. The zero-order chi connectivity index (χ0) is 13.2. The van der Waals surface area contributed by atoms with Gasteiger partial charge in [-0.25, -0.2) is 0 Å². The number of nitrogens with zero attached hydrogens (tertiary/aromatic N) is 1. The number of unbranched alkanes of at least 4 members (excludes halogenated alkanes) is 1. The van der Waals surface area contributed by atoms with Crippen LogP contribution in [0.1, 0.15) is 19.3 Å². The largest absolute Gasteiger partial charge is 0.286 e. The first-order valence-electron chi connectivity index (χ1n) is 4.81. The second-order valence-corrected chi connectivity index (χ2v) is 7.05. The lowest BCUT2D eigenvalue weighted by atomic mass is 10.0. The van der Waals surface area contributed by atoms with Gasteiger partial charge in [-0.3, -0.25) is 14.1 Å². The average Bonchev–Trinajstić information content (AvgIpc) is 2.59. The highest BCUT2D eigenvalue weighted by molar-refractivity contribution is 7.88. The summed E-state index contributed by atoms with van der Waals surface area (Å²) in [6, 6.07) is 0. The smallest absolute Gasteiger partial charge is 0.279 e. The van der Waals surface area contributed by atoms with Crippen molar-refractivity contribution in [2.75, 3.05) is 5.75 Å². The number of hydrogen-bond donors (Lipinski definition) is 2. The first kappa shape index (κ1) is 14.3. The zero-order valence-electron chi connectivity index (χ0n) is 8.85. The molecule has 0 amide bonds. The summed E-state index contributed by atoms with van der Waals surface area (Å²) in [6.07, 6.45) is 3.96. The normalized spacial score (nSPS) is 24.4. The summed E-state index contributed by atoms with van der Waals surface area (Å²) in [5.74, 6) is -0.435. The van der Waals surface area contributed by atoms with Crippen molar-refractivity contribution in [1.29, 1.82) is 0 Å². The van der Waals surface area contributed by atoms with E-state index in [1.54, 1.807) is 0 Å². The van der Waals surface area contributed by atoms with E-state index in [4.69, 9.17) is 9.11 Å². The molecule has 0 spiro atoms. The van der Waals surface area contributed by atoms with Crippen LogP contribution in [0, 0.1) is 0 Å². The van der Waals surface area contributed by atoms with Crippen LogP contribution in [-0.4, -0.2) is 42.7 Å². The second-order valence-electron chi connectivity index (χ2n) is 3.77. The molecule has 17 heavy (non-hydrogen) atoms. The quantitative estimate of drug-likeness (QED) is 0.533. The van der Waals surface area contributed by atoms with Gasteiger partial charge in [0.1, 0.15) is 0 Å². The molecule has 1 rings (SSSR count). The lowest BCUT2D eigenvalue weighted by molar-refractivity contribution is 0.459. The van der Waals surface area contributed by atoms with Crippen LogP contribution in [0.4, 0.5) is 0 Å². The maximum Gasteiger partial charge on any atom is 0.279 e. The third-order valence-corrected chi connectivity index (χ3v) is 4.65. The summed E-state index contributed by atoms with van der Waals surface area (Å²) < 4.78 is 59.3. The van der Waals surface area contributed by atoms with Crippen LogP contribution in [0.15, 0.2) is 17.3 Å². The molecule has 2 N–H and O–H groups in total. The van der Waals surface area contributed by atoms with Crippen LogP contribution in [-0.2, 0) is 20.2 Å². The van der Waals surface area contributed by atoms with Gasteiger partial charge >= 0.3 is 0 Å². The van der Waals surface area contributed by atoms with Gasteiger partial charge in [0.25, 0.3) is 20.2 Å². The first-order valence-corrected chi connectivity index (χ1v) is 7.85. The summed E-state index contributed by atoms with van der Waals surface area (Å²) in [5.41, 5.74) is 0. The Morgan fingerprint density at radius 3 is 2.18 bits per heavy atom. The summed E-state index contributed by atoms with van der Waals surface area (Å²) in [4.78, 5) is 3.62. The Morgan fingerprint density at radius 2 is 1.76 bits per heavy atom. The van der Waals surface area contributed by atoms with Gasteiger partial charge in [-0.2, -0.15) is 16.8 Å². The molecule has 0 bridgehead atoms.